The second-order valence-corrected chi connectivity index (χ2v) is 20.3. The molecular formula is C62H114O6. The molecule has 0 aromatic carbocycles. The molecule has 1 unspecified atom stereocenters. The number of hydrogen-bond donors (Lipinski definition) is 0. The summed E-state index contributed by atoms with van der Waals surface area (Å²) in [6.45, 7) is 6.63. The number of hydrogen-bond acceptors (Lipinski definition) is 6. The van der Waals surface area contributed by atoms with Crippen molar-refractivity contribution in [3.05, 3.63) is 36.5 Å². The second kappa shape index (κ2) is 57.2. The highest BCUT2D eigenvalue weighted by Crippen LogP contribution is 2.17. The van der Waals surface area contributed by atoms with Crippen LogP contribution >= 0.6 is 0 Å². The Hall–Kier alpha value is -2.37. The van der Waals surface area contributed by atoms with Gasteiger partial charge in [0.15, 0.2) is 6.10 Å². The number of ether oxygens (including phenoxy) is 3. The van der Waals surface area contributed by atoms with Crippen molar-refractivity contribution in [2.75, 3.05) is 13.2 Å². The van der Waals surface area contributed by atoms with E-state index in [4.69, 9.17) is 14.2 Å². The molecule has 0 rings (SSSR count). The highest BCUT2D eigenvalue weighted by molar-refractivity contribution is 5.71. The Balaban J connectivity index is 4.33. The van der Waals surface area contributed by atoms with Gasteiger partial charge in [-0.15, -0.1) is 0 Å². The van der Waals surface area contributed by atoms with E-state index in [9.17, 15) is 14.4 Å². The van der Waals surface area contributed by atoms with E-state index in [1.165, 1.54) is 205 Å². The minimum Gasteiger partial charge on any atom is -0.462 e. The summed E-state index contributed by atoms with van der Waals surface area (Å²) in [6.07, 6.45) is 68.5. The summed E-state index contributed by atoms with van der Waals surface area (Å²) >= 11 is 0. The van der Waals surface area contributed by atoms with E-state index in [0.717, 1.165) is 77.0 Å². The third kappa shape index (κ3) is 54.6. The van der Waals surface area contributed by atoms with Crippen LogP contribution in [0.5, 0.6) is 0 Å². The zero-order chi connectivity index (χ0) is 49.3. The van der Waals surface area contributed by atoms with Gasteiger partial charge in [0.05, 0.1) is 0 Å². The number of allylic oxidation sites excluding steroid dienone is 6. The van der Waals surface area contributed by atoms with Gasteiger partial charge in [0, 0.05) is 19.3 Å². The number of esters is 3. The SMILES string of the molecule is CCCC/C=C\C/C=C\CCCCCCCC(=O)OCC(COC(=O)CCCCCCCCCCCCCCCCCCCCC)OC(=O)CCCCCCCCC/C=C\CCCCCCCC. The summed E-state index contributed by atoms with van der Waals surface area (Å²) in [7, 11) is 0. The lowest BCUT2D eigenvalue weighted by Crippen LogP contribution is -2.30. The summed E-state index contributed by atoms with van der Waals surface area (Å²) in [4.78, 5) is 38.2. The van der Waals surface area contributed by atoms with Gasteiger partial charge < -0.3 is 14.2 Å². The van der Waals surface area contributed by atoms with Crippen molar-refractivity contribution in [1.82, 2.24) is 0 Å². The van der Waals surface area contributed by atoms with Crippen molar-refractivity contribution in [3.63, 3.8) is 0 Å². The Morgan fingerprint density at radius 1 is 0.294 bits per heavy atom. The van der Waals surface area contributed by atoms with Crippen LogP contribution in [0.2, 0.25) is 0 Å². The van der Waals surface area contributed by atoms with Crippen LogP contribution in [0.1, 0.15) is 323 Å². The standard InChI is InChI=1S/C62H114O6/c1-4-7-10-13-16-19-22-25-28-30-31-33-34-37-40-43-46-49-52-55-61(64)67-58-59(57-66-60(63)54-51-48-45-42-39-36-27-24-21-18-15-12-9-6-3)68-62(65)56-53-50-47-44-41-38-35-32-29-26-23-20-17-14-11-8-5-2/h15,18,24,26-27,29,59H,4-14,16-17,19-23,25,28,30-58H2,1-3H3/b18-15-,27-24-,29-26-. The lowest BCUT2D eigenvalue weighted by Gasteiger charge is -2.18. The van der Waals surface area contributed by atoms with Gasteiger partial charge in [-0.1, -0.05) is 269 Å². The zero-order valence-corrected chi connectivity index (χ0v) is 45.6. The molecule has 6 heteroatoms. The van der Waals surface area contributed by atoms with Crippen molar-refractivity contribution in [1.29, 1.82) is 0 Å². The summed E-state index contributed by atoms with van der Waals surface area (Å²) in [5.41, 5.74) is 0. The fourth-order valence-corrected chi connectivity index (χ4v) is 8.81. The molecule has 0 amide bonds. The number of rotatable bonds is 55. The maximum Gasteiger partial charge on any atom is 0.306 e. The minimum atomic E-state index is -0.778. The topological polar surface area (TPSA) is 78.9 Å². The molecule has 0 aliphatic carbocycles. The third-order valence-corrected chi connectivity index (χ3v) is 13.4. The van der Waals surface area contributed by atoms with Crippen molar-refractivity contribution in [2.24, 2.45) is 0 Å². The van der Waals surface area contributed by atoms with E-state index in [-0.39, 0.29) is 31.1 Å². The average Bonchev–Trinajstić information content (AvgIpc) is 3.34. The zero-order valence-electron chi connectivity index (χ0n) is 45.6. The Labute approximate surface area is 423 Å². The van der Waals surface area contributed by atoms with Gasteiger partial charge in [-0.3, -0.25) is 14.4 Å². The highest BCUT2D eigenvalue weighted by Gasteiger charge is 2.19. The summed E-state index contributed by atoms with van der Waals surface area (Å²) in [6, 6.07) is 0. The molecule has 0 N–H and O–H groups in total. The number of carbonyl (C=O) groups is 3. The normalized spacial score (nSPS) is 12.2. The maximum atomic E-state index is 12.9. The van der Waals surface area contributed by atoms with Gasteiger partial charge >= 0.3 is 17.9 Å². The van der Waals surface area contributed by atoms with Crippen LogP contribution in [0.15, 0.2) is 36.5 Å². The molecule has 0 aromatic rings. The summed E-state index contributed by atoms with van der Waals surface area (Å²) in [5.74, 6) is -0.874. The van der Waals surface area contributed by atoms with Crippen LogP contribution in [-0.4, -0.2) is 37.2 Å². The maximum absolute atomic E-state index is 12.9. The third-order valence-electron chi connectivity index (χ3n) is 13.4. The fourth-order valence-electron chi connectivity index (χ4n) is 8.81. The minimum absolute atomic E-state index is 0.0746. The van der Waals surface area contributed by atoms with Gasteiger partial charge in [-0.05, 0) is 70.6 Å². The van der Waals surface area contributed by atoms with Crippen LogP contribution in [0, 0.1) is 0 Å². The smallest absolute Gasteiger partial charge is 0.306 e. The quantitative estimate of drug-likeness (QED) is 0.0262. The summed E-state index contributed by atoms with van der Waals surface area (Å²) < 4.78 is 16.9. The molecule has 0 bridgehead atoms. The second-order valence-electron chi connectivity index (χ2n) is 20.3. The predicted octanol–water partition coefficient (Wildman–Crippen LogP) is 20.0. The fraction of sp³-hybridized carbons (Fsp3) is 0.855. The van der Waals surface area contributed by atoms with Crippen LogP contribution in [0.4, 0.5) is 0 Å². The molecule has 398 valence electrons. The molecule has 0 fully saturated rings. The highest BCUT2D eigenvalue weighted by atomic mass is 16.6. The molecule has 6 nitrogen and oxygen atoms in total. The first-order valence-electron chi connectivity index (χ1n) is 30.0. The molecule has 0 radical (unpaired) electrons. The van der Waals surface area contributed by atoms with Crippen molar-refractivity contribution in [3.8, 4) is 0 Å². The predicted molar refractivity (Wildman–Crippen MR) is 293 cm³/mol. The van der Waals surface area contributed by atoms with E-state index in [2.05, 4.69) is 57.2 Å². The van der Waals surface area contributed by atoms with Crippen molar-refractivity contribution >= 4 is 17.9 Å². The molecule has 0 saturated carbocycles. The largest absolute Gasteiger partial charge is 0.462 e. The molecule has 0 heterocycles. The molecule has 0 spiro atoms. The van der Waals surface area contributed by atoms with E-state index < -0.39 is 6.10 Å². The molecule has 0 aliphatic rings. The number of unbranched alkanes of at least 4 members (excludes halogenated alkanes) is 38. The Kier molecular flexibility index (Phi) is 55.2. The lowest BCUT2D eigenvalue weighted by molar-refractivity contribution is -0.167. The first-order chi connectivity index (χ1) is 33.5. The lowest BCUT2D eigenvalue weighted by atomic mass is 10.0. The van der Waals surface area contributed by atoms with Crippen LogP contribution in [0.3, 0.4) is 0 Å². The van der Waals surface area contributed by atoms with Gasteiger partial charge in [0.25, 0.3) is 0 Å². The Morgan fingerprint density at radius 3 is 0.868 bits per heavy atom. The van der Waals surface area contributed by atoms with Crippen molar-refractivity contribution in [2.45, 2.75) is 329 Å². The van der Waals surface area contributed by atoms with Gasteiger partial charge in [0.2, 0.25) is 0 Å². The average molecular weight is 956 g/mol. The molecule has 0 aromatic heterocycles. The van der Waals surface area contributed by atoms with E-state index >= 15 is 0 Å². The summed E-state index contributed by atoms with van der Waals surface area (Å²) in [5, 5.41) is 0. The molecular weight excluding hydrogens is 841 g/mol. The van der Waals surface area contributed by atoms with E-state index in [0.29, 0.717) is 19.3 Å². The van der Waals surface area contributed by atoms with Gasteiger partial charge in [-0.2, -0.15) is 0 Å². The molecule has 1 atom stereocenters. The van der Waals surface area contributed by atoms with Crippen molar-refractivity contribution < 1.29 is 28.6 Å². The van der Waals surface area contributed by atoms with Crippen LogP contribution in [0.25, 0.3) is 0 Å². The van der Waals surface area contributed by atoms with Gasteiger partial charge in [-0.25, -0.2) is 0 Å². The monoisotopic (exact) mass is 955 g/mol. The molecule has 0 saturated heterocycles. The first kappa shape index (κ1) is 65.6. The van der Waals surface area contributed by atoms with Gasteiger partial charge in [0.1, 0.15) is 13.2 Å². The van der Waals surface area contributed by atoms with E-state index in [1.54, 1.807) is 0 Å². The van der Waals surface area contributed by atoms with E-state index in [1.807, 2.05) is 0 Å². The Morgan fingerprint density at radius 2 is 0.544 bits per heavy atom. The number of carbonyl (C=O) groups excluding carboxylic acids is 3. The molecule has 68 heavy (non-hydrogen) atoms. The Bertz CT molecular complexity index is 1140. The van der Waals surface area contributed by atoms with Crippen LogP contribution in [-0.2, 0) is 28.6 Å². The first-order valence-corrected chi connectivity index (χ1v) is 30.0. The molecule has 0 aliphatic heterocycles. The van der Waals surface area contributed by atoms with Crippen LogP contribution < -0.4 is 0 Å².